The summed E-state index contributed by atoms with van der Waals surface area (Å²) in [4.78, 5) is 35.2. The quantitative estimate of drug-likeness (QED) is 0.0264. The van der Waals surface area contributed by atoms with Crippen LogP contribution in [0.4, 0.5) is 0 Å². The minimum atomic E-state index is -4.41. The highest BCUT2D eigenvalue weighted by molar-refractivity contribution is 7.47. The van der Waals surface area contributed by atoms with Gasteiger partial charge in [-0.3, -0.25) is 18.6 Å². The number of carbonyl (C=O) groups excluding carboxylic acids is 2. The summed E-state index contributed by atoms with van der Waals surface area (Å²) in [6.45, 7) is 3.45. The van der Waals surface area contributed by atoms with Crippen molar-refractivity contribution >= 4 is 19.8 Å². The van der Waals surface area contributed by atoms with Crippen molar-refractivity contribution in [1.29, 1.82) is 0 Å². The van der Waals surface area contributed by atoms with Gasteiger partial charge in [0.15, 0.2) is 6.10 Å². The normalized spacial score (nSPS) is 14.3. The second-order valence-electron chi connectivity index (χ2n) is 17.3. The van der Waals surface area contributed by atoms with Gasteiger partial charge in [-0.05, 0) is 116 Å². The molecule has 2 unspecified atom stereocenters. The molecular formula is C61H98NO8P. The van der Waals surface area contributed by atoms with Gasteiger partial charge in [0.1, 0.15) is 6.61 Å². The molecule has 0 aromatic heterocycles. The number of nitrogens with two attached hydrogens (primary N) is 1. The summed E-state index contributed by atoms with van der Waals surface area (Å²) in [5.41, 5.74) is 5.37. The maximum atomic E-state index is 12.7. The van der Waals surface area contributed by atoms with E-state index in [2.05, 4.69) is 160 Å². The van der Waals surface area contributed by atoms with Crippen LogP contribution in [0.3, 0.4) is 0 Å². The first-order valence-electron chi connectivity index (χ1n) is 27.3. The van der Waals surface area contributed by atoms with Gasteiger partial charge in [0, 0.05) is 19.4 Å². The zero-order chi connectivity index (χ0) is 51.7. The lowest BCUT2D eigenvalue weighted by Crippen LogP contribution is -2.29. The van der Waals surface area contributed by atoms with Gasteiger partial charge < -0.3 is 20.1 Å². The number of hydrogen-bond donors (Lipinski definition) is 2. The molecule has 0 spiro atoms. The Hall–Kier alpha value is -4.11. The maximum Gasteiger partial charge on any atom is 0.472 e. The van der Waals surface area contributed by atoms with Crippen LogP contribution in [0.15, 0.2) is 146 Å². The maximum absolute atomic E-state index is 12.7. The Labute approximate surface area is 433 Å². The Morgan fingerprint density at radius 2 is 0.732 bits per heavy atom. The molecule has 0 fully saturated rings. The number of phosphoric ester groups is 1. The Bertz CT molecular complexity index is 1660. The van der Waals surface area contributed by atoms with Gasteiger partial charge in [0.05, 0.1) is 13.2 Å². The predicted molar refractivity (Wildman–Crippen MR) is 302 cm³/mol. The Balaban J connectivity index is 4.15. The average Bonchev–Trinajstić information content (AvgIpc) is 3.36. The van der Waals surface area contributed by atoms with Crippen molar-refractivity contribution in [1.82, 2.24) is 0 Å². The van der Waals surface area contributed by atoms with E-state index in [1.807, 2.05) is 0 Å². The zero-order valence-electron chi connectivity index (χ0n) is 44.4. The Morgan fingerprint density at radius 3 is 1.08 bits per heavy atom. The molecule has 400 valence electrons. The van der Waals surface area contributed by atoms with E-state index in [0.717, 1.165) is 135 Å². The molecular weight excluding hydrogens is 906 g/mol. The zero-order valence-corrected chi connectivity index (χ0v) is 45.3. The molecule has 0 aliphatic rings. The van der Waals surface area contributed by atoms with E-state index in [4.69, 9.17) is 24.3 Å². The molecule has 9 nitrogen and oxygen atoms in total. The summed E-state index contributed by atoms with van der Waals surface area (Å²) in [5.74, 6) is -0.876. The molecule has 0 bridgehead atoms. The van der Waals surface area contributed by atoms with Crippen molar-refractivity contribution < 1.29 is 37.6 Å². The van der Waals surface area contributed by atoms with Crippen LogP contribution in [0.2, 0.25) is 0 Å². The largest absolute Gasteiger partial charge is 0.472 e. The van der Waals surface area contributed by atoms with Crippen molar-refractivity contribution in [3.05, 3.63) is 146 Å². The number of esters is 2. The molecule has 0 aliphatic carbocycles. The SMILES string of the molecule is CC/C=C\C/C=C\C/C=C\C/C=C\C/C=C\C/C=C\C/C=C\CCCCCCCC(=O)OC(COC(=O)CCCCCCCCC/C=C\C/C=C\C/C=C\C/C=C\C/C=C\CC)COP(=O)(O)OCCN. The molecule has 0 aliphatic heterocycles. The van der Waals surface area contributed by atoms with Gasteiger partial charge in [0.2, 0.25) is 0 Å². The van der Waals surface area contributed by atoms with E-state index < -0.39 is 32.5 Å². The second kappa shape index (κ2) is 55.2. The highest BCUT2D eigenvalue weighted by Crippen LogP contribution is 2.43. The van der Waals surface area contributed by atoms with Gasteiger partial charge in [-0.15, -0.1) is 0 Å². The van der Waals surface area contributed by atoms with Gasteiger partial charge in [-0.25, -0.2) is 4.57 Å². The van der Waals surface area contributed by atoms with Crippen molar-refractivity contribution in [3.8, 4) is 0 Å². The van der Waals surface area contributed by atoms with Crippen molar-refractivity contribution in [2.75, 3.05) is 26.4 Å². The molecule has 10 heteroatoms. The summed E-state index contributed by atoms with van der Waals surface area (Å²) >= 11 is 0. The molecule has 0 amide bonds. The first kappa shape index (κ1) is 66.9. The third-order valence-corrected chi connectivity index (χ3v) is 11.7. The first-order chi connectivity index (χ1) is 34.8. The van der Waals surface area contributed by atoms with E-state index in [1.54, 1.807) is 0 Å². The van der Waals surface area contributed by atoms with Crippen molar-refractivity contribution in [3.63, 3.8) is 0 Å². The third-order valence-electron chi connectivity index (χ3n) is 10.7. The molecule has 0 aromatic rings. The molecule has 2 atom stereocenters. The van der Waals surface area contributed by atoms with Crippen LogP contribution in [0.5, 0.6) is 0 Å². The molecule has 71 heavy (non-hydrogen) atoms. The molecule has 0 radical (unpaired) electrons. The number of rotatable bonds is 49. The van der Waals surface area contributed by atoms with Crippen molar-refractivity contribution in [2.24, 2.45) is 5.73 Å². The molecule has 3 N–H and O–H groups in total. The number of hydrogen-bond acceptors (Lipinski definition) is 8. The first-order valence-corrected chi connectivity index (χ1v) is 28.8. The number of allylic oxidation sites excluding steroid dienone is 24. The number of phosphoric acid groups is 1. The highest BCUT2D eigenvalue weighted by atomic mass is 31.2. The third kappa shape index (κ3) is 55.1. The van der Waals surface area contributed by atoms with Gasteiger partial charge >= 0.3 is 19.8 Å². The van der Waals surface area contributed by atoms with E-state index in [0.29, 0.717) is 12.8 Å². The number of ether oxygens (including phenoxy) is 2. The fourth-order valence-electron chi connectivity index (χ4n) is 6.76. The molecule has 0 rings (SSSR count). The smallest absolute Gasteiger partial charge is 0.462 e. The minimum absolute atomic E-state index is 0.0392. The Morgan fingerprint density at radius 1 is 0.423 bits per heavy atom. The molecule has 0 aromatic carbocycles. The van der Waals surface area contributed by atoms with Crippen LogP contribution in [-0.2, 0) is 32.7 Å². The van der Waals surface area contributed by atoms with E-state index >= 15 is 0 Å². The summed E-state index contributed by atoms with van der Waals surface area (Å²) in [7, 11) is -4.41. The lowest BCUT2D eigenvalue weighted by Gasteiger charge is -2.19. The fraction of sp³-hybridized carbons (Fsp3) is 0.574. The van der Waals surface area contributed by atoms with Crippen LogP contribution < -0.4 is 5.73 Å². The van der Waals surface area contributed by atoms with Gasteiger partial charge in [-0.2, -0.15) is 0 Å². The van der Waals surface area contributed by atoms with Crippen LogP contribution in [-0.4, -0.2) is 49.3 Å². The molecule has 0 heterocycles. The average molecular weight is 1000 g/mol. The molecule has 0 saturated heterocycles. The summed E-state index contributed by atoms with van der Waals surface area (Å²) in [6.07, 6.45) is 78.8. The van der Waals surface area contributed by atoms with E-state index in [1.165, 1.54) is 19.3 Å². The van der Waals surface area contributed by atoms with E-state index in [9.17, 15) is 19.0 Å². The topological polar surface area (TPSA) is 134 Å². The van der Waals surface area contributed by atoms with E-state index in [-0.39, 0.29) is 32.6 Å². The van der Waals surface area contributed by atoms with Crippen LogP contribution in [0.25, 0.3) is 0 Å². The number of carbonyl (C=O) groups is 2. The van der Waals surface area contributed by atoms with Gasteiger partial charge in [-0.1, -0.05) is 211 Å². The summed E-state index contributed by atoms with van der Waals surface area (Å²) in [6, 6.07) is 0. The summed E-state index contributed by atoms with van der Waals surface area (Å²) < 4.78 is 33.0. The highest BCUT2D eigenvalue weighted by Gasteiger charge is 2.26. The summed E-state index contributed by atoms with van der Waals surface area (Å²) in [5, 5.41) is 0. The van der Waals surface area contributed by atoms with Crippen LogP contribution in [0, 0.1) is 0 Å². The van der Waals surface area contributed by atoms with Crippen molar-refractivity contribution in [2.45, 2.75) is 200 Å². The monoisotopic (exact) mass is 1000 g/mol. The second-order valence-corrected chi connectivity index (χ2v) is 18.8. The Kier molecular flexibility index (Phi) is 52.0. The lowest BCUT2D eigenvalue weighted by atomic mass is 10.1. The number of unbranched alkanes of at least 4 members (excludes halogenated alkanes) is 12. The van der Waals surface area contributed by atoms with Crippen LogP contribution >= 0.6 is 7.82 Å². The minimum Gasteiger partial charge on any atom is -0.462 e. The standard InChI is InChI=1S/C61H98NO8P/c1-3-5-7-9-11-13-15-17-19-21-23-25-27-28-29-30-32-34-36-38-40-42-44-46-48-50-52-54-61(64)70-59(58-69-71(65,66)68-56-55-62)57-67-60(63)53-51-49-47-45-43-41-39-37-35-33-31-26-24-22-20-18-16-14-12-10-8-6-4-2/h5-8,11-14,17-20,23-26,28-29,32-35,38,40,59H,3-4,9-10,15-16,21-22,27,30-31,36-37,39,41-58,62H2,1-2H3,(H,65,66)/b7-5-,8-6-,13-11-,14-12-,19-17-,20-18-,25-23-,26-24-,29-28-,34-32-,35-33-,40-38-. The lowest BCUT2D eigenvalue weighted by molar-refractivity contribution is -0.161. The van der Waals surface area contributed by atoms with Crippen LogP contribution in [0.1, 0.15) is 194 Å². The fourth-order valence-corrected chi connectivity index (χ4v) is 7.52. The van der Waals surface area contributed by atoms with Gasteiger partial charge in [0.25, 0.3) is 0 Å². The predicted octanol–water partition coefficient (Wildman–Crippen LogP) is 17.2. The molecule has 0 saturated carbocycles.